The number of halogens is 1. The summed E-state index contributed by atoms with van der Waals surface area (Å²) in [7, 11) is 0. The fourth-order valence-corrected chi connectivity index (χ4v) is 3.24. The summed E-state index contributed by atoms with van der Waals surface area (Å²) in [5.41, 5.74) is 1.04. The fourth-order valence-electron chi connectivity index (χ4n) is 2.64. The minimum Gasteiger partial charge on any atom is -0.340 e. The van der Waals surface area contributed by atoms with Crippen molar-refractivity contribution in [1.29, 1.82) is 0 Å². The van der Waals surface area contributed by atoms with Crippen LogP contribution in [0.3, 0.4) is 0 Å². The third-order valence-corrected chi connectivity index (χ3v) is 4.34. The first kappa shape index (κ1) is 15.0. The number of hydrogen-bond acceptors (Lipinski definition) is 2. The Bertz CT molecular complexity index is 533. The van der Waals surface area contributed by atoms with Crippen LogP contribution in [0.4, 0.5) is 5.69 Å². The van der Waals surface area contributed by atoms with Crippen molar-refractivity contribution in [2.45, 2.75) is 39.2 Å². The summed E-state index contributed by atoms with van der Waals surface area (Å²) in [5.74, 6) is -0.134. The van der Waals surface area contributed by atoms with Crippen LogP contribution in [0.15, 0.2) is 22.7 Å². The molecule has 0 aromatic heterocycles. The van der Waals surface area contributed by atoms with Crippen molar-refractivity contribution in [3.63, 3.8) is 0 Å². The third-order valence-electron chi connectivity index (χ3n) is 3.88. The van der Waals surface area contributed by atoms with E-state index in [2.05, 4.69) is 21.2 Å². The molecule has 2 amide bonds. The van der Waals surface area contributed by atoms with E-state index in [1.165, 1.54) is 0 Å². The summed E-state index contributed by atoms with van der Waals surface area (Å²) in [6.45, 7) is 5.90. The molecular weight excluding hydrogens is 320 g/mol. The van der Waals surface area contributed by atoms with E-state index in [0.717, 1.165) is 15.7 Å². The highest BCUT2D eigenvalue weighted by Gasteiger charge is 2.44. The zero-order chi connectivity index (χ0) is 14.9. The topological polar surface area (TPSA) is 49.4 Å². The maximum atomic E-state index is 12.8. The van der Waals surface area contributed by atoms with Crippen LogP contribution in [-0.4, -0.2) is 23.9 Å². The predicted octanol–water partition coefficient (Wildman–Crippen LogP) is 2.78. The monoisotopic (exact) mass is 338 g/mol. The normalized spacial score (nSPS) is 18.1. The Kier molecular flexibility index (Phi) is 4.18. The summed E-state index contributed by atoms with van der Waals surface area (Å²) >= 11 is 3.44. The standard InChI is InChI=1S/C15H19BrN2O2/c1-4-15(5-2)14(20)18(9-13(19)17-15)12-7-10(3)6-11(16)8-12/h6-8H,4-5,9H2,1-3H3,(H,17,19). The molecule has 0 atom stereocenters. The number of aryl methyl sites for hydroxylation is 1. The van der Waals surface area contributed by atoms with Gasteiger partial charge in [0.05, 0.1) is 0 Å². The lowest BCUT2D eigenvalue weighted by molar-refractivity contribution is -0.136. The van der Waals surface area contributed by atoms with Gasteiger partial charge in [0.1, 0.15) is 12.1 Å². The van der Waals surface area contributed by atoms with Gasteiger partial charge in [0.2, 0.25) is 5.91 Å². The quantitative estimate of drug-likeness (QED) is 0.921. The van der Waals surface area contributed by atoms with Gasteiger partial charge in [-0.25, -0.2) is 0 Å². The molecule has 1 N–H and O–H groups in total. The number of benzene rings is 1. The smallest absolute Gasteiger partial charge is 0.253 e. The molecule has 20 heavy (non-hydrogen) atoms. The number of anilines is 1. The fraction of sp³-hybridized carbons (Fsp3) is 0.467. The molecule has 0 bridgehead atoms. The van der Waals surface area contributed by atoms with E-state index < -0.39 is 5.54 Å². The molecule has 5 heteroatoms. The van der Waals surface area contributed by atoms with Gasteiger partial charge in [-0.05, 0) is 43.5 Å². The highest BCUT2D eigenvalue weighted by atomic mass is 79.9. The van der Waals surface area contributed by atoms with Crippen molar-refractivity contribution in [3.8, 4) is 0 Å². The number of amides is 2. The molecule has 1 fully saturated rings. The molecule has 4 nitrogen and oxygen atoms in total. The molecule has 0 aliphatic carbocycles. The van der Waals surface area contributed by atoms with Crippen LogP contribution in [0.5, 0.6) is 0 Å². The molecule has 0 saturated carbocycles. The second kappa shape index (κ2) is 5.56. The molecule has 0 unspecified atom stereocenters. The molecule has 108 valence electrons. The predicted molar refractivity (Wildman–Crippen MR) is 82.7 cm³/mol. The molecule has 1 aromatic carbocycles. The molecule has 1 aliphatic rings. The zero-order valence-electron chi connectivity index (χ0n) is 12.0. The van der Waals surface area contributed by atoms with Gasteiger partial charge >= 0.3 is 0 Å². The molecule has 1 saturated heterocycles. The van der Waals surface area contributed by atoms with Crippen molar-refractivity contribution < 1.29 is 9.59 Å². The van der Waals surface area contributed by atoms with E-state index in [0.29, 0.717) is 12.8 Å². The molecule has 0 spiro atoms. The summed E-state index contributed by atoms with van der Waals surface area (Å²) in [6, 6.07) is 5.78. The minimum atomic E-state index is -0.772. The first-order valence-corrected chi connectivity index (χ1v) is 7.61. The van der Waals surface area contributed by atoms with E-state index in [1.54, 1.807) is 4.90 Å². The number of hydrogen-bond donors (Lipinski definition) is 1. The highest BCUT2D eigenvalue weighted by Crippen LogP contribution is 2.29. The maximum Gasteiger partial charge on any atom is 0.253 e. The largest absolute Gasteiger partial charge is 0.340 e. The van der Waals surface area contributed by atoms with Crippen molar-refractivity contribution >= 4 is 33.4 Å². The second-order valence-corrected chi connectivity index (χ2v) is 6.13. The van der Waals surface area contributed by atoms with Gasteiger partial charge in [-0.2, -0.15) is 0 Å². The second-order valence-electron chi connectivity index (χ2n) is 5.22. The van der Waals surface area contributed by atoms with Gasteiger partial charge in [0.15, 0.2) is 0 Å². The van der Waals surface area contributed by atoms with Gasteiger partial charge in [0, 0.05) is 10.2 Å². The number of carbonyl (C=O) groups is 2. The molecule has 0 radical (unpaired) electrons. The molecule has 1 heterocycles. The van der Waals surface area contributed by atoms with Crippen LogP contribution >= 0.6 is 15.9 Å². The van der Waals surface area contributed by atoms with Crippen LogP contribution in [-0.2, 0) is 9.59 Å². The van der Waals surface area contributed by atoms with Crippen LogP contribution in [0.2, 0.25) is 0 Å². The van der Waals surface area contributed by atoms with Gasteiger partial charge in [-0.1, -0.05) is 29.8 Å². The molecule has 2 rings (SSSR count). The number of nitrogens with one attached hydrogen (secondary N) is 1. The first-order valence-electron chi connectivity index (χ1n) is 6.82. The Morgan fingerprint density at radius 2 is 1.90 bits per heavy atom. The number of nitrogens with zero attached hydrogens (tertiary/aromatic N) is 1. The van der Waals surface area contributed by atoms with E-state index in [4.69, 9.17) is 0 Å². The number of rotatable bonds is 3. The van der Waals surface area contributed by atoms with Crippen LogP contribution in [0.25, 0.3) is 0 Å². The highest BCUT2D eigenvalue weighted by molar-refractivity contribution is 9.10. The average molecular weight is 339 g/mol. The maximum absolute atomic E-state index is 12.8. The van der Waals surface area contributed by atoms with E-state index in [1.807, 2.05) is 39.0 Å². The minimum absolute atomic E-state index is 0.0281. The van der Waals surface area contributed by atoms with Gasteiger partial charge < -0.3 is 10.2 Å². The summed E-state index contributed by atoms with van der Waals surface area (Å²) in [5, 5.41) is 2.87. The number of carbonyl (C=O) groups excluding carboxylic acids is 2. The van der Waals surface area contributed by atoms with Crippen LogP contribution in [0.1, 0.15) is 32.3 Å². The van der Waals surface area contributed by atoms with Gasteiger partial charge in [-0.3, -0.25) is 9.59 Å². The lowest BCUT2D eigenvalue weighted by atomic mass is 9.88. The Morgan fingerprint density at radius 1 is 1.25 bits per heavy atom. The van der Waals surface area contributed by atoms with Crippen LogP contribution < -0.4 is 10.2 Å². The Hall–Kier alpha value is -1.36. The summed E-state index contributed by atoms with van der Waals surface area (Å²) in [4.78, 5) is 26.3. The third kappa shape index (κ3) is 2.59. The van der Waals surface area contributed by atoms with E-state index in [-0.39, 0.29) is 18.4 Å². The zero-order valence-corrected chi connectivity index (χ0v) is 13.6. The van der Waals surface area contributed by atoms with Gasteiger partial charge in [-0.15, -0.1) is 0 Å². The Balaban J connectivity index is 2.44. The molecule has 1 aromatic rings. The van der Waals surface area contributed by atoms with Crippen molar-refractivity contribution in [3.05, 3.63) is 28.2 Å². The Labute approximate surface area is 127 Å². The van der Waals surface area contributed by atoms with Crippen molar-refractivity contribution in [2.75, 3.05) is 11.4 Å². The summed E-state index contributed by atoms with van der Waals surface area (Å²) in [6.07, 6.45) is 1.19. The molecular formula is C15H19BrN2O2. The summed E-state index contributed by atoms with van der Waals surface area (Å²) < 4.78 is 0.907. The SMILES string of the molecule is CCC1(CC)NC(=O)CN(c2cc(C)cc(Br)c2)C1=O. The lowest BCUT2D eigenvalue weighted by Gasteiger charge is -2.41. The average Bonchev–Trinajstić information content (AvgIpc) is 2.40. The Morgan fingerprint density at radius 3 is 2.45 bits per heavy atom. The van der Waals surface area contributed by atoms with Gasteiger partial charge in [0.25, 0.3) is 5.91 Å². The first-order chi connectivity index (χ1) is 9.41. The van der Waals surface area contributed by atoms with E-state index >= 15 is 0 Å². The van der Waals surface area contributed by atoms with Crippen molar-refractivity contribution in [1.82, 2.24) is 5.32 Å². The molecule has 1 aliphatic heterocycles. The lowest BCUT2D eigenvalue weighted by Crippen LogP contribution is -2.66. The van der Waals surface area contributed by atoms with Crippen LogP contribution in [0, 0.1) is 6.92 Å². The number of piperazine rings is 1. The van der Waals surface area contributed by atoms with E-state index in [9.17, 15) is 9.59 Å². The van der Waals surface area contributed by atoms with Crippen molar-refractivity contribution in [2.24, 2.45) is 0 Å².